The van der Waals surface area contributed by atoms with Crippen molar-refractivity contribution in [2.45, 2.75) is 26.0 Å². The zero-order valence-electron chi connectivity index (χ0n) is 21.5. The fourth-order valence-electron chi connectivity index (χ4n) is 4.39. The highest BCUT2D eigenvalue weighted by Crippen LogP contribution is 2.43. The van der Waals surface area contributed by atoms with Crippen molar-refractivity contribution >= 4 is 23.5 Å². The number of esters is 1. The number of methoxy groups -OCH3 is 2. The molecule has 0 saturated carbocycles. The van der Waals surface area contributed by atoms with E-state index in [-0.39, 0.29) is 24.3 Å². The van der Waals surface area contributed by atoms with Crippen LogP contribution in [0.1, 0.15) is 51.2 Å². The summed E-state index contributed by atoms with van der Waals surface area (Å²) in [6.45, 7) is 2.11. The highest BCUT2D eigenvalue weighted by atomic mass is 16.6. The number of fused-ring (bicyclic) bond motifs is 1. The number of nitro benzene ring substituents is 1. The van der Waals surface area contributed by atoms with E-state index >= 15 is 0 Å². The number of hydrogen-bond acceptors (Lipinski definition) is 9. The average Bonchev–Trinajstić information content (AvgIpc) is 3.19. The lowest BCUT2D eigenvalue weighted by atomic mass is 10.0. The van der Waals surface area contributed by atoms with Crippen LogP contribution in [0.25, 0.3) is 0 Å². The second-order valence-electron chi connectivity index (χ2n) is 8.49. The van der Waals surface area contributed by atoms with E-state index in [2.05, 4.69) is 0 Å². The van der Waals surface area contributed by atoms with Gasteiger partial charge in [0.15, 0.2) is 17.2 Å². The van der Waals surface area contributed by atoms with Crippen LogP contribution in [0, 0.1) is 10.1 Å². The first-order valence-electron chi connectivity index (χ1n) is 12.0. The molecule has 1 aliphatic heterocycles. The molecule has 0 N–H and O–H groups in total. The number of carbonyl (C=O) groups excluding carboxylic acids is 3. The Morgan fingerprint density at radius 3 is 2.31 bits per heavy atom. The largest absolute Gasteiger partial charge is 0.493 e. The monoisotopic (exact) mass is 534 g/mol. The summed E-state index contributed by atoms with van der Waals surface area (Å²) in [6.07, 6.45) is -0.384. The van der Waals surface area contributed by atoms with E-state index in [1.54, 1.807) is 49.4 Å². The van der Waals surface area contributed by atoms with Gasteiger partial charge >= 0.3 is 11.7 Å². The predicted octanol–water partition coefficient (Wildman–Crippen LogP) is 4.48. The molecule has 0 spiro atoms. The maximum Gasteiger partial charge on any atom is 0.324 e. The number of imide groups is 1. The van der Waals surface area contributed by atoms with Gasteiger partial charge in [-0.2, -0.15) is 0 Å². The second-order valence-corrected chi connectivity index (χ2v) is 8.49. The average molecular weight is 535 g/mol. The summed E-state index contributed by atoms with van der Waals surface area (Å²) in [4.78, 5) is 51.8. The van der Waals surface area contributed by atoms with Gasteiger partial charge in [-0.1, -0.05) is 36.4 Å². The molecule has 202 valence electrons. The Bertz CT molecular complexity index is 1420. The Kier molecular flexibility index (Phi) is 8.09. The maximum absolute atomic E-state index is 13.7. The Balaban J connectivity index is 1.77. The lowest BCUT2D eigenvalue weighted by Crippen LogP contribution is -2.35. The van der Waals surface area contributed by atoms with Gasteiger partial charge in [0.1, 0.15) is 12.2 Å². The minimum absolute atomic E-state index is 0.0172. The van der Waals surface area contributed by atoms with Gasteiger partial charge < -0.3 is 18.9 Å². The van der Waals surface area contributed by atoms with Gasteiger partial charge in [-0.3, -0.25) is 29.4 Å². The Morgan fingerprint density at radius 1 is 0.949 bits per heavy atom. The minimum atomic E-state index is -1.14. The predicted molar refractivity (Wildman–Crippen MR) is 138 cm³/mol. The summed E-state index contributed by atoms with van der Waals surface area (Å²) in [7, 11) is 2.65. The molecule has 3 aromatic carbocycles. The molecule has 0 aromatic heterocycles. The highest BCUT2D eigenvalue weighted by molar-refractivity contribution is 6.24. The van der Waals surface area contributed by atoms with Gasteiger partial charge in [0.25, 0.3) is 11.8 Å². The number of hydrogen-bond donors (Lipinski definition) is 0. The quantitative estimate of drug-likeness (QED) is 0.151. The van der Waals surface area contributed by atoms with Gasteiger partial charge in [0, 0.05) is 0 Å². The molecule has 0 fully saturated rings. The summed E-state index contributed by atoms with van der Waals surface area (Å²) >= 11 is 0. The van der Waals surface area contributed by atoms with Gasteiger partial charge in [-0.05, 0) is 42.3 Å². The van der Waals surface area contributed by atoms with Crippen molar-refractivity contribution in [1.82, 2.24) is 4.90 Å². The van der Waals surface area contributed by atoms with E-state index in [4.69, 9.17) is 18.9 Å². The molecule has 1 unspecified atom stereocenters. The number of nitro groups is 1. The van der Waals surface area contributed by atoms with Crippen molar-refractivity contribution in [3.63, 3.8) is 0 Å². The summed E-state index contributed by atoms with van der Waals surface area (Å²) < 4.78 is 21.4. The zero-order valence-corrected chi connectivity index (χ0v) is 21.5. The molecular weight excluding hydrogens is 508 g/mol. The summed E-state index contributed by atoms with van der Waals surface area (Å²) in [5.41, 5.74) is -0.0385. The lowest BCUT2D eigenvalue weighted by Gasteiger charge is -2.26. The lowest BCUT2D eigenvalue weighted by molar-refractivity contribution is -0.386. The maximum atomic E-state index is 13.7. The van der Waals surface area contributed by atoms with Gasteiger partial charge in [0.05, 0.1) is 43.8 Å². The highest BCUT2D eigenvalue weighted by Gasteiger charge is 2.47. The van der Waals surface area contributed by atoms with Crippen LogP contribution in [0.5, 0.6) is 17.2 Å². The third-order valence-corrected chi connectivity index (χ3v) is 6.21. The molecule has 11 heteroatoms. The number of rotatable bonds is 11. The van der Waals surface area contributed by atoms with Crippen molar-refractivity contribution < 1.29 is 38.3 Å². The van der Waals surface area contributed by atoms with Crippen LogP contribution in [-0.4, -0.2) is 48.4 Å². The number of amides is 2. The molecular formula is C28H26N2O9. The molecule has 39 heavy (non-hydrogen) atoms. The Hall–Kier alpha value is -4.93. The van der Waals surface area contributed by atoms with Crippen molar-refractivity contribution in [3.05, 3.63) is 93.0 Å². The number of nitrogens with zero attached hydrogens (tertiary/aromatic N) is 2. The van der Waals surface area contributed by atoms with Crippen molar-refractivity contribution in [2.24, 2.45) is 0 Å². The van der Waals surface area contributed by atoms with Crippen LogP contribution in [0.4, 0.5) is 5.69 Å². The fourth-order valence-corrected chi connectivity index (χ4v) is 4.39. The van der Waals surface area contributed by atoms with Crippen LogP contribution >= 0.6 is 0 Å². The molecule has 0 radical (unpaired) electrons. The standard InChI is InChI=1S/C28H26N2O9/c1-4-38-23-14-18(10-12-21(23)36-2)20(15-24(31)37-3)29-27(32)19-11-13-22(26(30(34)35)25(19)28(29)33)39-16-17-8-6-5-7-9-17/h5-14,20H,4,15-16H2,1-3H3. The van der Waals surface area contributed by atoms with E-state index in [1.807, 2.05) is 6.07 Å². The fraction of sp³-hybridized carbons (Fsp3) is 0.250. The first kappa shape index (κ1) is 27.1. The molecule has 1 aliphatic rings. The third kappa shape index (κ3) is 5.37. The number of carbonyl (C=O) groups is 3. The Morgan fingerprint density at radius 2 is 1.67 bits per heavy atom. The number of benzene rings is 3. The molecule has 1 heterocycles. The minimum Gasteiger partial charge on any atom is -0.493 e. The van der Waals surface area contributed by atoms with Gasteiger partial charge in [0.2, 0.25) is 0 Å². The van der Waals surface area contributed by atoms with Crippen LogP contribution in [0.15, 0.2) is 60.7 Å². The number of ether oxygens (including phenoxy) is 4. The van der Waals surface area contributed by atoms with Gasteiger partial charge in [-0.15, -0.1) is 0 Å². The van der Waals surface area contributed by atoms with Gasteiger partial charge in [-0.25, -0.2) is 0 Å². The van der Waals surface area contributed by atoms with Crippen LogP contribution in [0.2, 0.25) is 0 Å². The first-order valence-corrected chi connectivity index (χ1v) is 12.0. The first-order chi connectivity index (χ1) is 18.8. The van der Waals surface area contributed by atoms with Crippen LogP contribution in [-0.2, 0) is 16.1 Å². The molecule has 0 aliphatic carbocycles. The molecule has 0 bridgehead atoms. The van der Waals surface area contributed by atoms with Crippen LogP contribution < -0.4 is 14.2 Å². The summed E-state index contributed by atoms with van der Waals surface area (Å²) in [5.74, 6) is -1.79. The molecule has 11 nitrogen and oxygen atoms in total. The SMILES string of the molecule is CCOc1cc(C(CC(=O)OC)N2C(=O)c3ccc(OCc4ccccc4)c([N+](=O)[O-])c3C2=O)ccc1OC. The van der Waals surface area contributed by atoms with E-state index < -0.39 is 40.0 Å². The molecule has 2 amide bonds. The van der Waals surface area contributed by atoms with Crippen molar-refractivity contribution in [1.29, 1.82) is 0 Å². The second kappa shape index (κ2) is 11.6. The Labute approximate surface area is 224 Å². The summed E-state index contributed by atoms with van der Waals surface area (Å²) in [5, 5.41) is 12.1. The van der Waals surface area contributed by atoms with Crippen LogP contribution in [0.3, 0.4) is 0 Å². The molecule has 4 rings (SSSR count). The molecule has 1 atom stereocenters. The van der Waals surface area contributed by atoms with E-state index in [0.29, 0.717) is 23.7 Å². The summed E-state index contributed by atoms with van der Waals surface area (Å²) in [6, 6.07) is 15.2. The topological polar surface area (TPSA) is 135 Å². The van der Waals surface area contributed by atoms with E-state index in [0.717, 1.165) is 10.5 Å². The van der Waals surface area contributed by atoms with E-state index in [9.17, 15) is 24.5 Å². The molecule has 0 saturated heterocycles. The van der Waals surface area contributed by atoms with E-state index in [1.165, 1.54) is 26.4 Å². The van der Waals surface area contributed by atoms with Crippen molar-refractivity contribution in [3.8, 4) is 17.2 Å². The molecule has 3 aromatic rings. The normalized spacial score (nSPS) is 13.1. The third-order valence-electron chi connectivity index (χ3n) is 6.21. The smallest absolute Gasteiger partial charge is 0.324 e. The zero-order chi connectivity index (χ0) is 28.1. The van der Waals surface area contributed by atoms with Crippen molar-refractivity contribution in [2.75, 3.05) is 20.8 Å².